The van der Waals surface area contributed by atoms with E-state index in [1.165, 1.54) is 54.0 Å². The Labute approximate surface area is 159 Å². The summed E-state index contributed by atoms with van der Waals surface area (Å²) in [7, 11) is 0.725. The fourth-order valence-electron chi connectivity index (χ4n) is 4.40. The van der Waals surface area contributed by atoms with Gasteiger partial charge in [-0.2, -0.15) is 0 Å². The lowest BCUT2D eigenvalue weighted by atomic mass is 9.92. The largest absolute Gasteiger partial charge is 0.0663 e. The smallest absolute Gasteiger partial charge is 0.00262 e. The van der Waals surface area contributed by atoms with Crippen LogP contribution in [0, 0.1) is 0 Å². The second-order valence-corrected chi connectivity index (χ2v) is 8.26. The van der Waals surface area contributed by atoms with Gasteiger partial charge in [0.2, 0.25) is 0 Å². The topological polar surface area (TPSA) is 0 Å². The Morgan fingerprint density at radius 1 is 0.519 bits per heavy atom. The average molecular weight is 360 g/mol. The van der Waals surface area contributed by atoms with Crippen LogP contribution in [0.1, 0.15) is 5.56 Å². The second-order valence-electron chi connectivity index (χ2n) is 7.10. The van der Waals surface area contributed by atoms with Gasteiger partial charge >= 0.3 is 0 Å². The minimum absolute atomic E-state index is 0.725. The Morgan fingerprint density at radius 2 is 1.22 bits per heavy atom. The average Bonchev–Trinajstić information content (AvgIpc) is 2.98. The van der Waals surface area contributed by atoms with Gasteiger partial charge < -0.3 is 0 Å². The molecule has 1 heterocycles. The molecule has 5 aromatic carbocycles. The van der Waals surface area contributed by atoms with E-state index in [-0.39, 0.29) is 0 Å². The maximum Gasteiger partial charge on any atom is -0.00262 e. The molecule has 126 valence electrons. The zero-order valence-electron chi connectivity index (χ0n) is 14.7. The van der Waals surface area contributed by atoms with Crippen LogP contribution in [0.3, 0.4) is 0 Å². The fraction of sp³-hybridized carbons (Fsp3) is 0. The van der Waals surface area contributed by atoms with Crippen LogP contribution in [0.5, 0.6) is 0 Å². The van der Waals surface area contributed by atoms with Crippen molar-refractivity contribution in [3.05, 3.63) is 96.3 Å². The van der Waals surface area contributed by atoms with E-state index >= 15 is 0 Å². The van der Waals surface area contributed by atoms with Gasteiger partial charge in [0.1, 0.15) is 0 Å². The summed E-state index contributed by atoms with van der Waals surface area (Å²) in [6.07, 6.45) is 6.61. The molecule has 0 spiro atoms. The minimum atomic E-state index is 0.725. The van der Waals surface area contributed by atoms with Crippen LogP contribution in [0.15, 0.2) is 90.8 Å². The first-order valence-corrected chi connectivity index (χ1v) is 10.4. The summed E-state index contributed by atoms with van der Waals surface area (Å²) in [5, 5.41) is 12.1. The molecule has 5 aromatic rings. The highest BCUT2D eigenvalue weighted by atomic mass is 31.1. The molecule has 0 amide bonds. The van der Waals surface area contributed by atoms with E-state index in [1.54, 1.807) is 0 Å². The minimum Gasteiger partial charge on any atom is -0.0663 e. The Morgan fingerprint density at radius 3 is 2.19 bits per heavy atom. The molecule has 0 saturated carbocycles. The van der Waals surface area contributed by atoms with Gasteiger partial charge in [0, 0.05) is 0 Å². The molecule has 0 N–H and O–H groups in total. The first kappa shape index (κ1) is 15.1. The molecule has 27 heavy (non-hydrogen) atoms. The van der Waals surface area contributed by atoms with E-state index in [0.717, 1.165) is 8.58 Å². The molecular formula is C26H17P. The molecule has 0 aromatic heterocycles. The quantitative estimate of drug-likeness (QED) is 0.203. The first-order chi connectivity index (χ1) is 13.4. The molecule has 0 nitrogen and oxygen atoms in total. The standard InChI is InChI=1S/C26H17P/c1-2-6-19-17(5-1)8-11-21-20(19)13-14-23-22(21)12-9-18-10-15-25-24(26(18)23)7-3-4-16-27-25/h1-16,27H. The van der Waals surface area contributed by atoms with Gasteiger partial charge in [0.15, 0.2) is 0 Å². The predicted molar refractivity (Wildman–Crippen MR) is 123 cm³/mol. The van der Waals surface area contributed by atoms with Crippen LogP contribution in [0.25, 0.3) is 49.2 Å². The number of hydrogen-bond donors (Lipinski definition) is 0. The monoisotopic (exact) mass is 360 g/mol. The molecule has 0 bridgehead atoms. The number of fused-ring (bicyclic) bond motifs is 9. The third-order valence-corrected chi connectivity index (χ3v) is 6.76. The van der Waals surface area contributed by atoms with Crippen LogP contribution in [-0.4, -0.2) is 0 Å². The lowest BCUT2D eigenvalue weighted by Gasteiger charge is -2.13. The van der Waals surface area contributed by atoms with Crippen molar-refractivity contribution in [3.63, 3.8) is 0 Å². The van der Waals surface area contributed by atoms with Gasteiger partial charge in [0.25, 0.3) is 0 Å². The zero-order chi connectivity index (χ0) is 17.8. The summed E-state index contributed by atoms with van der Waals surface area (Å²) in [5.74, 6) is 2.26. The Balaban J connectivity index is 1.81. The molecule has 1 aliphatic heterocycles. The highest BCUT2D eigenvalue weighted by molar-refractivity contribution is 7.50. The fourth-order valence-corrected chi connectivity index (χ4v) is 5.33. The first-order valence-electron chi connectivity index (χ1n) is 9.30. The molecule has 1 atom stereocenters. The maximum absolute atomic E-state index is 2.32. The van der Waals surface area contributed by atoms with Crippen LogP contribution in [-0.2, 0) is 0 Å². The normalized spacial score (nSPS) is 14.4. The van der Waals surface area contributed by atoms with Crippen molar-refractivity contribution in [1.29, 1.82) is 0 Å². The number of allylic oxidation sites excluding steroid dienone is 2. The molecule has 0 aliphatic carbocycles. The van der Waals surface area contributed by atoms with Gasteiger partial charge in [-0.05, 0) is 54.0 Å². The highest BCUT2D eigenvalue weighted by Gasteiger charge is 2.12. The van der Waals surface area contributed by atoms with E-state index in [0.29, 0.717) is 0 Å². The summed E-state index contributed by atoms with van der Waals surface area (Å²) in [4.78, 5) is 0. The Kier molecular flexibility index (Phi) is 3.24. The molecule has 1 aliphatic rings. The highest BCUT2D eigenvalue weighted by Crippen LogP contribution is 2.37. The maximum atomic E-state index is 2.32. The molecule has 6 rings (SSSR count). The molecular weight excluding hydrogens is 343 g/mol. The summed E-state index contributed by atoms with van der Waals surface area (Å²) >= 11 is 0. The SMILES string of the molecule is C1=CPc2ccc3ccc4c5ccc6ccccc6c5ccc4c3c2C=C1. The van der Waals surface area contributed by atoms with Crippen molar-refractivity contribution in [2.75, 3.05) is 0 Å². The molecule has 1 heteroatoms. The number of rotatable bonds is 0. The van der Waals surface area contributed by atoms with Crippen molar-refractivity contribution >= 4 is 63.1 Å². The van der Waals surface area contributed by atoms with Crippen LogP contribution in [0.2, 0.25) is 0 Å². The third-order valence-electron chi connectivity index (χ3n) is 5.65. The van der Waals surface area contributed by atoms with Crippen molar-refractivity contribution in [1.82, 2.24) is 0 Å². The van der Waals surface area contributed by atoms with E-state index in [9.17, 15) is 0 Å². The van der Waals surface area contributed by atoms with Crippen molar-refractivity contribution in [2.24, 2.45) is 0 Å². The molecule has 1 unspecified atom stereocenters. The summed E-state index contributed by atoms with van der Waals surface area (Å²) < 4.78 is 0. The van der Waals surface area contributed by atoms with Crippen LogP contribution in [0.4, 0.5) is 0 Å². The molecule has 0 fully saturated rings. The Hall–Kier alpha value is -2.95. The van der Waals surface area contributed by atoms with Gasteiger partial charge in [-0.15, -0.1) is 0 Å². The van der Waals surface area contributed by atoms with Crippen molar-refractivity contribution in [3.8, 4) is 0 Å². The van der Waals surface area contributed by atoms with E-state index in [1.807, 2.05) is 0 Å². The van der Waals surface area contributed by atoms with Crippen LogP contribution >= 0.6 is 8.58 Å². The molecule has 0 radical (unpaired) electrons. The van der Waals surface area contributed by atoms with Crippen LogP contribution < -0.4 is 5.30 Å². The zero-order valence-corrected chi connectivity index (χ0v) is 15.7. The van der Waals surface area contributed by atoms with E-state index in [2.05, 4.69) is 96.8 Å². The van der Waals surface area contributed by atoms with E-state index in [4.69, 9.17) is 0 Å². The summed E-state index contributed by atoms with van der Waals surface area (Å²) in [6.45, 7) is 0. The van der Waals surface area contributed by atoms with E-state index < -0.39 is 0 Å². The molecule has 0 saturated heterocycles. The summed E-state index contributed by atoms with van der Waals surface area (Å²) in [5.41, 5.74) is 1.38. The lowest BCUT2D eigenvalue weighted by molar-refractivity contribution is 1.78. The van der Waals surface area contributed by atoms with Crippen molar-refractivity contribution in [2.45, 2.75) is 0 Å². The van der Waals surface area contributed by atoms with Gasteiger partial charge in [-0.25, -0.2) is 0 Å². The summed E-state index contributed by atoms with van der Waals surface area (Å²) in [6, 6.07) is 27.0. The van der Waals surface area contributed by atoms with Crippen molar-refractivity contribution < 1.29 is 0 Å². The predicted octanol–water partition coefficient (Wildman–Crippen LogP) is 7.14. The number of benzene rings is 5. The lowest BCUT2D eigenvalue weighted by Crippen LogP contribution is -1.99. The van der Waals surface area contributed by atoms with Gasteiger partial charge in [-0.3, -0.25) is 0 Å². The van der Waals surface area contributed by atoms with Gasteiger partial charge in [0.05, 0.1) is 0 Å². The third kappa shape index (κ3) is 2.21. The Bertz CT molecular complexity index is 1440. The second kappa shape index (κ2) is 5.78. The van der Waals surface area contributed by atoms with Gasteiger partial charge in [-0.1, -0.05) is 105 Å². The number of hydrogen-bond acceptors (Lipinski definition) is 0.